The van der Waals surface area contributed by atoms with Crippen LogP contribution in [-0.4, -0.2) is 26.0 Å². The molecule has 2 heterocycles. The lowest BCUT2D eigenvalue weighted by Gasteiger charge is -1.95. The third-order valence-corrected chi connectivity index (χ3v) is 2.99. The Balaban J connectivity index is 2.49. The molecule has 2 aromatic rings. The minimum atomic E-state index is -1.01. The highest BCUT2D eigenvalue weighted by molar-refractivity contribution is 7.15. The van der Waals surface area contributed by atoms with Crippen LogP contribution in [0.5, 0.6) is 0 Å². The third-order valence-electron chi connectivity index (χ3n) is 1.99. The zero-order valence-electron chi connectivity index (χ0n) is 8.76. The van der Waals surface area contributed by atoms with Crippen molar-refractivity contribution in [2.24, 2.45) is 0 Å². The second kappa shape index (κ2) is 3.97. The van der Waals surface area contributed by atoms with E-state index >= 15 is 0 Å². The van der Waals surface area contributed by atoms with E-state index in [1.807, 2.05) is 0 Å². The van der Waals surface area contributed by atoms with Gasteiger partial charge < -0.3 is 5.11 Å². The molecular formula is C10H9N3O2S. The second-order valence-electron chi connectivity index (χ2n) is 3.22. The van der Waals surface area contributed by atoms with Crippen LogP contribution >= 0.6 is 11.3 Å². The lowest BCUT2D eigenvalue weighted by atomic mass is 10.4. The number of carboxylic acid groups (broad SMARTS) is 1. The van der Waals surface area contributed by atoms with Gasteiger partial charge in [0.1, 0.15) is 16.5 Å². The highest BCUT2D eigenvalue weighted by Gasteiger charge is 2.15. The third kappa shape index (κ3) is 1.92. The Kier molecular flexibility index (Phi) is 2.66. The summed E-state index contributed by atoms with van der Waals surface area (Å²) in [7, 11) is 0. The maximum atomic E-state index is 10.8. The molecule has 0 saturated carbocycles. The minimum absolute atomic E-state index is 0.0938. The summed E-state index contributed by atoms with van der Waals surface area (Å²) < 4.78 is 0. The number of aryl methyl sites for hydroxylation is 2. The lowest BCUT2D eigenvalue weighted by molar-refractivity contribution is 0.0690. The number of hydrogen-bond acceptors (Lipinski definition) is 5. The molecule has 6 heteroatoms. The molecule has 16 heavy (non-hydrogen) atoms. The number of aromatic nitrogens is 3. The molecule has 0 aliphatic heterocycles. The average molecular weight is 235 g/mol. The summed E-state index contributed by atoms with van der Waals surface area (Å²) in [5.41, 5.74) is 0.754. The van der Waals surface area contributed by atoms with E-state index in [1.54, 1.807) is 26.1 Å². The zero-order valence-corrected chi connectivity index (χ0v) is 9.58. The fourth-order valence-electron chi connectivity index (χ4n) is 1.28. The number of carbonyl (C=O) groups is 1. The molecule has 0 spiro atoms. The van der Waals surface area contributed by atoms with Crippen LogP contribution in [0, 0.1) is 13.8 Å². The van der Waals surface area contributed by atoms with Crippen molar-refractivity contribution in [2.45, 2.75) is 13.8 Å². The van der Waals surface area contributed by atoms with Gasteiger partial charge in [-0.1, -0.05) is 0 Å². The Morgan fingerprint density at radius 2 is 2.12 bits per heavy atom. The number of carboxylic acids is 1. The molecule has 2 aromatic heterocycles. The molecule has 0 aliphatic carbocycles. The second-order valence-corrected chi connectivity index (χ2v) is 4.42. The summed E-state index contributed by atoms with van der Waals surface area (Å²) in [5, 5.41) is 9.50. The number of nitrogens with zero attached hydrogens (tertiary/aromatic N) is 3. The first-order valence-electron chi connectivity index (χ1n) is 4.58. The van der Waals surface area contributed by atoms with Gasteiger partial charge in [0.25, 0.3) is 0 Å². The summed E-state index contributed by atoms with van der Waals surface area (Å²) in [4.78, 5) is 23.8. The van der Waals surface area contributed by atoms with Crippen molar-refractivity contribution in [2.75, 3.05) is 0 Å². The normalized spacial score (nSPS) is 10.4. The molecular weight excluding hydrogens is 226 g/mol. The summed E-state index contributed by atoms with van der Waals surface area (Å²) in [6.45, 7) is 3.51. The highest BCUT2D eigenvalue weighted by atomic mass is 32.1. The molecule has 1 N–H and O–H groups in total. The van der Waals surface area contributed by atoms with Gasteiger partial charge in [-0.3, -0.25) is 0 Å². The fraction of sp³-hybridized carbons (Fsp3) is 0.200. The molecule has 5 nitrogen and oxygen atoms in total. The molecule has 2 rings (SSSR count). The summed E-state index contributed by atoms with van der Waals surface area (Å²) in [6.07, 6.45) is 1.63. The van der Waals surface area contributed by atoms with Gasteiger partial charge in [-0.15, -0.1) is 11.3 Å². The summed E-state index contributed by atoms with van der Waals surface area (Å²) in [5.74, 6) is -0.368. The average Bonchev–Trinajstić information content (AvgIpc) is 2.60. The van der Waals surface area contributed by atoms with Crippen molar-refractivity contribution in [3.8, 4) is 10.7 Å². The molecule has 0 unspecified atom stereocenters. The van der Waals surface area contributed by atoms with Crippen molar-refractivity contribution in [3.05, 3.63) is 28.7 Å². The molecule has 0 saturated heterocycles. The number of aromatic carboxylic acids is 1. The zero-order chi connectivity index (χ0) is 11.7. The first-order valence-corrected chi connectivity index (χ1v) is 5.40. The summed E-state index contributed by atoms with van der Waals surface area (Å²) >= 11 is 1.32. The van der Waals surface area contributed by atoms with E-state index in [4.69, 9.17) is 5.11 Å². The summed E-state index contributed by atoms with van der Waals surface area (Å²) in [6, 6.07) is 1.72. The topological polar surface area (TPSA) is 76.0 Å². The SMILES string of the molecule is Cc1nccc(-c2nc(C(=O)O)c(C)s2)n1. The Morgan fingerprint density at radius 1 is 1.38 bits per heavy atom. The molecule has 0 atom stereocenters. The fourth-order valence-corrected chi connectivity index (χ4v) is 2.15. The van der Waals surface area contributed by atoms with E-state index in [2.05, 4.69) is 15.0 Å². The predicted octanol–water partition coefficient (Wildman–Crippen LogP) is 1.92. The van der Waals surface area contributed by atoms with E-state index in [9.17, 15) is 4.79 Å². The van der Waals surface area contributed by atoms with E-state index in [0.29, 0.717) is 21.4 Å². The largest absolute Gasteiger partial charge is 0.476 e. The van der Waals surface area contributed by atoms with E-state index in [1.165, 1.54) is 11.3 Å². The van der Waals surface area contributed by atoms with Crippen LogP contribution in [0.4, 0.5) is 0 Å². The van der Waals surface area contributed by atoms with Gasteiger partial charge in [0.15, 0.2) is 5.69 Å². The van der Waals surface area contributed by atoms with Crippen molar-refractivity contribution in [1.29, 1.82) is 0 Å². The monoisotopic (exact) mass is 235 g/mol. The van der Waals surface area contributed by atoms with E-state index < -0.39 is 5.97 Å². The Bertz CT molecular complexity index is 551. The van der Waals surface area contributed by atoms with E-state index in [0.717, 1.165) is 0 Å². The first-order chi connectivity index (χ1) is 7.58. The number of thiazole rings is 1. The lowest BCUT2D eigenvalue weighted by Crippen LogP contribution is -1.98. The van der Waals surface area contributed by atoms with Gasteiger partial charge >= 0.3 is 5.97 Å². The van der Waals surface area contributed by atoms with Gasteiger partial charge in [-0.25, -0.2) is 19.7 Å². The quantitative estimate of drug-likeness (QED) is 0.860. The minimum Gasteiger partial charge on any atom is -0.476 e. The van der Waals surface area contributed by atoms with Crippen molar-refractivity contribution in [3.63, 3.8) is 0 Å². The maximum absolute atomic E-state index is 10.8. The molecule has 0 aromatic carbocycles. The Labute approximate surface area is 95.8 Å². The van der Waals surface area contributed by atoms with Gasteiger partial charge in [-0.2, -0.15) is 0 Å². The van der Waals surface area contributed by atoms with Crippen LogP contribution in [0.3, 0.4) is 0 Å². The molecule has 0 amide bonds. The van der Waals surface area contributed by atoms with Gasteiger partial charge in [0.2, 0.25) is 0 Å². The molecule has 0 fully saturated rings. The van der Waals surface area contributed by atoms with Crippen LogP contribution in [0.25, 0.3) is 10.7 Å². The molecule has 0 bridgehead atoms. The number of rotatable bonds is 2. The van der Waals surface area contributed by atoms with Crippen LogP contribution in [0.15, 0.2) is 12.3 Å². The van der Waals surface area contributed by atoms with Crippen molar-refractivity contribution >= 4 is 17.3 Å². The predicted molar refractivity (Wildman–Crippen MR) is 59.6 cm³/mol. The van der Waals surface area contributed by atoms with Crippen LogP contribution < -0.4 is 0 Å². The standard InChI is InChI=1S/C10H9N3O2S/c1-5-8(10(14)15)13-9(16-5)7-3-4-11-6(2)12-7/h3-4H,1-2H3,(H,14,15). The Hall–Kier alpha value is -1.82. The molecule has 82 valence electrons. The van der Waals surface area contributed by atoms with Gasteiger partial charge in [0, 0.05) is 11.1 Å². The smallest absolute Gasteiger partial charge is 0.355 e. The van der Waals surface area contributed by atoms with Crippen molar-refractivity contribution < 1.29 is 9.90 Å². The van der Waals surface area contributed by atoms with Crippen LogP contribution in [-0.2, 0) is 0 Å². The molecule has 0 radical (unpaired) electrons. The van der Waals surface area contributed by atoms with Crippen molar-refractivity contribution in [1.82, 2.24) is 15.0 Å². The first kappa shape index (κ1) is 10.7. The van der Waals surface area contributed by atoms with Gasteiger partial charge in [-0.05, 0) is 19.9 Å². The van der Waals surface area contributed by atoms with Crippen LogP contribution in [0.2, 0.25) is 0 Å². The van der Waals surface area contributed by atoms with Gasteiger partial charge in [0.05, 0.1) is 0 Å². The number of hydrogen-bond donors (Lipinski definition) is 1. The molecule has 0 aliphatic rings. The maximum Gasteiger partial charge on any atom is 0.355 e. The van der Waals surface area contributed by atoms with Crippen LogP contribution in [0.1, 0.15) is 21.2 Å². The Morgan fingerprint density at radius 3 is 2.69 bits per heavy atom. The van der Waals surface area contributed by atoms with E-state index in [-0.39, 0.29) is 5.69 Å². The highest BCUT2D eigenvalue weighted by Crippen LogP contribution is 2.25.